The molecule has 0 aliphatic heterocycles. The third-order valence-electron chi connectivity index (χ3n) is 4.40. The number of aryl methyl sites for hydroxylation is 1. The van der Waals surface area contributed by atoms with E-state index in [2.05, 4.69) is 4.98 Å². The van der Waals surface area contributed by atoms with Crippen LogP contribution in [0.2, 0.25) is 0 Å². The fourth-order valence-corrected chi connectivity index (χ4v) is 3.05. The Morgan fingerprint density at radius 3 is 2.65 bits per heavy atom. The van der Waals surface area contributed by atoms with Gasteiger partial charge < -0.3 is 5.11 Å². The summed E-state index contributed by atoms with van der Waals surface area (Å²) in [5.74, 6) is 0.660. The summed E-state index contributed by atoms with van der Waals surface area (Å²) in [6, 6.07) is 16.2. The van der Waals surface area contributed by atoms with Crippen LogP contribution < -0.4 is 5.56 Å². The van der Waals surface area contributed by atoms with E-state index in [4.69, 9.17) is 4.98 Å². The van der Waals surface area contributed by atoms with Crippen molar-refractivity contribution < 1.29 is 5.11 Å². The van der Waals surface area contributed by atoms with E-state index in [1.807, 2.05) is 43.3 Å². The van der Waals surface area contributed by atoms with Gasteiger partial charge in [0.05, 0.1) is 16.6 Å². The molecular formula is C21H17N3O2. The minimum absolute atomic E-state index is 0.169. The molecule has 0 spiro atoms. The van der Waals surface area contributed by atoms with Crippen LogP contribution in [-0.4, -0.2) is 19.6 Å². The minimum Gasteiger partial charge on any atom is -0.508 e. The zero-order chi connectivity index (χ0) is 18.1. The van der Waals surface area contributed by atoms with Crippen molar-refractivity contribution in [2.75, 3.05) is 0 Å². The van der Waals surface area contributed by atoms with Crippen LogP contribution in [0.4, 0.5) is 0 Å². The molecule has 0 aliphatic carbocycles. The molecule has 0 radical (unpaired) electrons. The summed E-state index contributed by atoms with van der Waals surface area (Å²) in [4.78, 5) is 22.1. The number of benzene rings is 2. The molecule has 4 rings (SSSR count). The second-order valence-electron chi connectivity index (χ2n) is 6.00. The predicted octanol–water partition coefficient (Wildman–Crippen LogP) is 3.72. The lowest BCUT2D eigenvalue weighted by atomic mass is 10.1. The van der Waals surface area contributed by atoms with Crippen LogP contribution in [0, 0.1) is 0 Å². The Bertz CT molecular complexity index is 1150. The Balaban J connectivity index is 2.08. The molecule has 26 heavy (non-hydrogen) atoms. The van der Waals surface area contributed by atoms with Crippen molar-refractivity contribution in [1.82, 2.24) is 14.5 Å². The van der Waals surface area contributed by atoms with Crippen molar-refractivity contribution in [3.63, 3.8) is 0 Å². The van der Waals surface area contributed by atoms with E-state index in [9.17, 15) is 9.90 Å². The number of para-hydroxylation sites is 1. The predicted molar refractivity (Wildman–Crippen MR) is 102 cm³/mol. The summed E-state index contributed by atoms with van der Waals surface area (Å²) in [7, 11) is 0. The molecule has 4 aromatic rings. The van der Waals surface area contributed by atoms with Gasteiger partial charge in [0, 0.05) is 24.0 Å². The normalized spacial score (nSPS) is 11.0. The number of phenolic OH excluding ortho intramolecular Hbond substituents is 1. The van der Waals surface area contributed by atoms with Crippen LogP contribution in [0.15, 0.2) is 71.8 Å². The van der Waals surface area contributed by atoms with Crippen LogP contribution in [0.3, 0.4) is 0 Å². The molecule has 5 nitrogen and oxygen atoms in total. The standard InChI is InChI=1S/C21H17N3O2/c1-2-14-9-10-16(12-19(14)25)24-20(15-6-5-11-22-13-15)23-18-8-4-3-7-17(18)21(24)26/h3-13,25H,2H2,1H3. The van der Waals surface area contributed by atoms with Gasteiger partial charge in [0.15, 0.2) is 0 Å². The average Bonchev–Trinajstić information content (AvgIpc) is 2.68. The smallest absolute Gasteiger partial charge is 0.266 e. The van der Waals surface area contributed by atoms with Crippen molar-refractivity contribution >= 4 is 10.9 Å². The number of pyridine rings is 1. The Morgan fingerprint density at radius 1 is 1.08 bits per heavy atom. The largest absolute Gasteiger partial charge is 0.508 e. The van der Waals surface area contributed by atoms with E-state index < -0.39 is 0 Å². The van der Waals surface area contributed by atoms with Crippen LogP contribution in [0.1, 0.15) is 12.5 Å². The van der Waals surface area contributed by atoms with E-state index in [-0.39, 0.29) is 11.3 Å². The lowest BCUT2D eigenvalue weighted by Crippen LogP contribution is -2.22. The number of hydrogen-bond acceptors (Lipinski definition) is 4. The van der Waals surface area contributed by atoms with E-state index in [0.717, 1.165) is 11.1 Å². The summed E-state index contributed by atoms with van der Waals surface area (Å²) in [6.07, 6.45) is 4.06. The van der Waals surface area contributed by atoms with Crippen LogP contribution in [0.25, 0.3) is 28.0 Å². The van der Waals surface area contributed by atoms with Gasteiger partial charge in [-0.3, -0.25) is 14.3 Å². The fraction of sp³-hybridized carbons (Fsp3) is 0.0952. The summed E-state index contributed by atoms with van der Waals surface area (Å²) in [5.41, 5.74) is 2.58. The van der Waals surface area contributed by atoms with Crippen LogP contribution >= 0.6 is 0 Å². The Hall–Kier alpha value is -3.47. The molecule has 2 aromatic heterocycles. The summed E-state index contributed by atoms with van der Waals surface area (Å²) < 4.78 is 1.53. The van der Waals surface area contributed by atoms with Gasteiger partial charge in [0.1, 0.15) is 11.6 Å². The maximum atomic E-state index is 13.2. The number of rotatable bonds is 3. The van der Waals surface area contributed by atoms with Crippen LogP contribution in [-0.2, 0) is 6.42 Å². The molecule has 0 saturated carbocycles. The lowest BCUT2D eigenvalue weighted by molar-refractivity contribution is 0.468. The topological polar surface area (TPSA) is 68.0 Å². The van der Waals surface area contributed by atoms with Gasteiger partial charge in [-0.05, 0) is 42.3 Å². The van der Waals surface area contributed by atoms with Gasteiger partial charge in [0.2, 0.25) is 0 Å². The SMILES string of the molecule is CCc1ccc(-n2c(-c3cccnc3)nc3ccccc3c2=O)cc1O. The molecule has 128 valence electrons. The Labute approximate surface area is 150 Å². The lowest BCUT2D eigenvalue weighted by Gasteiger charge is -2.14. The Kier molecular flexibility index (Phi) is 3.97. The maximum Gasteiger partial charge on any atom is 0.266 e. The molecule has 0 amide bonds. The monoisotopic (exact) mass is 343 g/mol. The maximum absolute atomic E-state index is 13.2. The minimum atomic E-state index is -0.182. The highest BCUT2D eigenvalue weighted by atomic mass is 16.3. The molecule has 5 heteroatoms. The van der Waals surface area contributed by atoms with Crippen molar-refractivity contribution in [1.29, 1.82) is 0 Å². The van der Waals surface area contributed by atoms with E-state index in [1.165, 1.54) is 4.57 Å². The molecular weight excluding hydrogens is 326 g/mol. The highest BCUT2D eigenvalue weighted by Crippen LogP contribution is 2.25. The molecule has 1 N–H and O–H groups in total. The second kappa shape index (κ2) is 6.44. The van der Waals surface area contributed by atoms with Crippen molar-refractivity contribution in [3.8, 4) is 22.8 Å². The van der Waals surface area contributed by atoms with Gasteiger partial charge in [-0.25, -0.2) is 4.98 Å². The molecule has 0 fully saturated rings. The first-order valence-electron chi connectivity index (χ1n) is 8.43. The average molecular weight is 343 g/mol. The summed E-state index contributed by atoms with van der Waals surface area (Å²) >= 11 is 0. The zero-order valence-electron chi connectivity index (χ0n) is 14.3. The second-order valence-corrected chi connectivity index (χ2v) is 6.00. The molecule has 0 saturated heterocycles. The van der Waals surface area contributed by atoms with Crippen molar-refractivity contribution in [2.24, 2.45) is 0 Å². The summed E-state index contributed by atoms with van der Waals surface area (Å²) in [6.45, 7) is 1.97. The number of nitrogens with zero attached hydrogens (tertiary/aromatic N) is 3. The molecule has 0 aliphatic rings. The molecule has 2 heterocycles. The molecule has 0 atom stereocenters. The molecule has 0 unspecified atom stereocenters. The first kappa shape index (κ1) is 16.0. The quantitative estimate of drug-likeness (QED) is 0.616. The third-order valence-corrected chi connectivity index (χ3v) is 4.40. The van der Waals surface area contributed by atoms with Crippen molar-refractivity contribution in [2.45, 2.75) is 13.3 Å². The first-order valence-corrected chi connectivity index (χ1v) is 8.43. The van der Waals surface area contributed by atoms with E-state index in [0.29, 0.717) is 28.8 Å². The number of aromatic hydroxyl groups is 1. The van der Waals surface area contributed by atoms with Gasteiger partial charge in [-0.2, -0.15) is 0 Å². The Morgan fingerprint density at radius 2 is 1.92 bits per heavy atom. The van der Waals surface area contributed by atoms with Crippen LogP contribution in [0.5, 0.6) is 5.75 Å². The van der Waals surface area contributed by atoms with E-state index in [1.54, 1.807) is 30.6 Å². The first-order chi connectivity index (χ1) is 12.7. The highest BCUT2D eigenvalue weighted by molar-refractivity contribution is 5.80. The summed E-state index contributed by atoms with van der Waals surface area (Å²) in [5, 5.41) is 10.8. The third kappa shape index (κ3) is 2.63. The number of fused-ring (bicyclic) bond motifs is 1. The molecule has 2 aromatic carbocycles. The number of hydrogen-bond donors (Lipinski definition) is 1. The number of phenols is 1. The van der Waals surface area contributed by atoms with Gasteiger partial charge in [0.25, 0.3) is 5.56 Å². The van der Waals surface area contributed by atoms with E-state index >= 15 is 0 Å². The zero-order valence-corrected chi connectivity index (χ0v) is 14.3. The highest BCUT2D eigenvalue weighted by Gasteiger charge is 2.15. The van der Waals surface area contributed by atoms with Crippen molar-refractivity contribution in [3.05, 3.63) is 82.9 Å². The molecule has 0 bridgehead atoms. The van der Waals surface area contributed by atoms with Gasteiger partial charge in [-0.15, -0.1) is 0 Å². The van der Waals surface area contributed by atoms with Gasteiger partial charge in [-0.1, -0.05) is 25.1 Å². The fourth-order valence-electron chi connectivity index (χ4n) is 3.05. The van der Waals surface area contributed by atoms with Gasteiger partial charge >= 0.3 is 0 Å². The number of aromatic nitrogens is 3.